The summed E-state index contributed by atoms with van der Waals surface area (Å²) in [5.74, 6) is -0.245. The minimum Gasteiger partial charge on any atom is -0.497 e. The number of carbonyl (C=O) groups excluding carboxylic acids is 2. The summed E-state index contributed by atoms with van der Waals surface area (Å²) >= 11 is 1.44. The number of esters is 2. The lowest BCUT2D eigenvalue weighted by Gasteiger charge is -2.49. The Kier molecular flexibility index (Phi) is 12.1. The van der Waals surface area contributed by atoms with Gasteiger partial charge in [-0.05, 0) is 67.0 Å². The Morgan fingerprint density at radius 2 is 1.52 bits per heavy atom. The molecule has 1 aliphatic heterocycles. The summed E-state index contributed by atoms with van der Waals surface area (Å²) in [6.45, 7) is 14.5. The van der Waals surface area contributed by atoms with Gasteiger partial charge in [-0.25, -0.2) is 4.79 Å². The van der Waals surface area contributed by atoms with Gasteiger partial charge in [0.15, 0.2) is 20.5 Å². The number of benzene rings is 3. The zero-order chi connectivity index (χ0) is 33.5. The van der Waals surface area contributed by atoms with Crippen LogP contribution in [-0.2, 0) is 34.8 Å². The maximum atomic E-state index is 13.6. The highest BCUT2D eigenvalue weighted by molar-refractivity contribution is 7.99. The molecule has 10 heteroatoms. The van der Waals surface area contributed by atoms with E-state index in [1.165, 1.54) is 18.7 Å². The third-order valence-electron chi connectivity index (χ3n) is 8.37. The van der Waals surface area contributed by atoms with Crippen molar-refractivity contribution in [3.05, 3.63) is 95.6 Å². The summed E-state index contributed by atoms with van der Waals surface area (Å²) in [5, 5.41) is -0.181. The molecule has 0 saturated carbocycles. The molecule has 1 aliphatic rings. The molecule has 0 radical (unpaired) electrons. The van der Waals surface area contributed by atoms with Crippen LogP contribution in [0.5, 0.6) is 5.75 Å². The first-order valence-electron chi connectivity index (χ1n) is 15.5. The Hall–Kier alpha value is -3.15. The molecule has 8 nitrogen and oxygen atoms in total. The van der Waals surface area contributed by atoms with Gasteiger partial charge in [-0.15, -0.1) is 0 Å². The van der Waals surface area contributed by atoms with E-state index in [1.54, 1.807) is 31.4 Å². The molecule has 0 spiro atoms. The lowest BCUT2D eigenvalue weighted by molar-refractivity contribution is -0.220. The van der Waals surface area contributed by atoms with Crippen LogP contribution in [-0.4, -0.2) is 63.8 Å². The summed E-state index contributed by atoms with van der Waals surface area (Å²) in [4.78, 5) is 27.1. The fourth-order valence-electron chi connectivity index (χ4n) is 4.75. The van der Waals surface area contributed by atoms with Crippen molar-refractivity contribution in [3.63, 3.8) is 0 Å². The fraction of sp³-hybridized carbons (Fsp3) is 0.444. The Labute approximate surface area is 278 Å². The van der Waals surface area contributed by atoms with Crippen LogP contribution in [0.3, 0.4) is 0 Å². The Bertz CT molecular complexity index is 1420. The molecule has 0 amide bonds. The van der Waals surface area contributed by atoms with Gasteiger partial charge in [0, 0.05) is 11.8 Å². The predicted octanol–water partition coefficient (Wildman–Crippen LogP) is 7.59. The monoisotopic (exact) mass is 666 g/mol. The average Bonchev–Trinajstić information content (AvgIpc) is 3.01. The van der Waals surface area contributed by atoms with Gasteiger partial charge in [-0.2, -0.15) is 0 Å². The molecular formula is C36H46O8SSi. The highest BCUT2D eigenvalue weighted by Crippen LogP contribution is 2.43. The maximum Gasteiger partial charge on any atom is 0.338 e. The fourth-order valence-corrected chi connectivity index (χ4v) is 7.16. The van der Waals surface area contributed by atoms with E-state index in [0.29, 0.717) is 12.2 Å². The van der Waals surface area contributed by atoms with Crippen molar-refractivity contribution in [2.24, 2.45) is 0 Å². The van der Waals surface area contributed by atoms with E-state index in [1.807, 2.05) is 61.5 Å². The first kappa shape index (κ1) is 35.7. The number of hydrogen-bond donors (Lipinski definition) is 0. The van der Waals surface area contributed by atoms with Crippen LogP contribution < -0.4 is 4.74 Å². The zero-order valence-electron chi connectivity index (χ0n) is 28.0. The van der Waals surface area contributed by atoms with Crippen molar-refractivity contribution >= 4 is 32.0 Å². The van der Waals surface area contributed by atoms with Gasteiger partial charge >= 0.3 is 11.9 Å². The van der Waals surface area contributed by atoms with E-state index in [9.17, 15) is 9.59 Å². The molecule has 0 bridgehead atoms. The topological polar surface area (TPSA) is 89.5 Å². The number of rotatable bonds is 12. The molecule has 1 fully saturated rings. The molecular weight excluding hydrogens is 621 g/mol. The lowest BCUT2D eigenvalue weighted by Crippen LogP contribution is -2.64. The molecule has 3 aromatic rings. The van der Waals surface area contributed by atoms with Crippen molar-refractivity contribution in [3.8, 4) is 5.75 Å². The highest BCUT2D eigenvalue weighted by Gasteiger charge is 2.54. The van der Waals surface area contributed by atoms with E-state index in [2.05, 4.69) is 33.9 Å². The van der Waals surface area contributed by atoms with Crippen LogP contribution in [0.15, 0.2) is 83.8 Å². The van der Waals surface area contributed by atoms with E-state index in [0.717, 1.165) is 21.8 Å². The summed E-state index contributed by atoms with van der Waals surface area (Å²) < 4.78 is 37.4. The standard InChI is InChI=1S/C36H46O8SSi/c1-24-14-20-29(21-15-24)45-35-33(43-34(38)27-12-10-9-11-13-27)32(44-46(7,8)36(3,4)5)31(41-25(2)37)30(42-35)23-40-22-26-16-18-28(39-6)19-17-26/h9-21,30-33,35H,22-23H2,1-8H3/t30-,31-,32+,33-,35+/m1/s1. The average molecular weight is 667 g/mol. The molecule has 3 aromatic carbocycles. The Morgan fingerprint density at radius 1 is 0.870 bits per heavy atom. The molecule has 1 heterocycles. The highest BCUT2D eigenvalue weighted by atomic mass is 32.2. The summed E-state index contributed by atoms with van der Waals surface area (Å²) in [6.07, 6.45) is -3.32. The van der Waals surface area contributed by atoms with E-state index >= 15 is 0 Å². The summed E-state index contributed by atoms with van der Waals surface area (Å²) in [7, 11) is -0.885. The Balaban J connectivity index is 1.72. The van der Waals surface area contributed by atoms with Gasteiger partial charge in [0.05, 0.1) is 25.9 Å². The van der Waals surface area contributed by atoms with Crippen molar-refractivity contribution < 1.29 is 37.7 Å². The van der Waals surface area contributed by atoms with Crippen LogP contribution in [0, 0.1) is 6.92 Å². The third-order valence-corrected chi connectivity index (χ3v) is 14.0. The summed E-state index contributed by atoms with van der Waals surface area (Å²) in [6, 6.07) is 24.5. The van der Waals surface area contributed by atoms with E-state index < -0.39 is 50.1 Å². The number of ether oxygens (including phenoxy) is 5. The molecule has 0 aliphatic carbocycles. The molecule has 0 aromatic heterocycles. The van der Waals surface area contributed by atoms with Crippen LogP contribution in [0.25, 0.3) is 0 Å². The first-order chi connectivity index (χ1) is 21.8. The van der Waals surface area contributed by atoms with Crippen LogP contribution in [0.2, 0.25) is 18.1 Å². The minimum atomic E-state index is -2.51. The van der Waals surface area contributed by atoms with Crippen molar-refractivity contribution in [1.29, 1.82) is 0 Å². The number of thioether (sulfide) groups is 1. The molecule has 1 saturated heterocycles. The smallest absolute Gasteiger partial charge is 0.338 e. The maximum absolute atomic E-state index is 13.6. The number of methoxy groups -OCH3 is 1. The number of carbonyl (C=O) groups is 2. The van der Waals surface area contributed by atoms with Crippen molar-refractivity contribution in [2.75, 3.05) is 13.7 Å². The van der Waals surface area contributed by atoms with Gasteiger partial charge in [0.2, 0.25) is 0 Å². The zero-order valence-corrected chi connectivity index (χ0v) is 29.8. The number of aryl methyl sites for hydroxylation is 1. The second-order valence-electron chi connectivity index (χ2n) is 13.0. The lowest BCUT2D eigenvalue weighted by atomic mass is 9.99. The molecule has 46 heavy (non-hydrogen) atoms. The second-order valence-corrected chi connectivity index (χ2v) is 18.9. The normalized spacial score (nSPS) is 21.8. The SMILES string of the molecule is COc1ccc(COC[C@H]2O[C@@H](Sc3ccc(C)cc3)[C@H](OC(=O)c3ccccc3)[C@@H](O[Si](C)(C)C(C)(C)C)[C@@H]2OC(C)=O)cc1. The first-order valence-corrected chi connectivity index (χ1v) is 19.3. The predicted molar refractivity (Wildman–Crippen MR) is 182 cm³/mol. The minimum absolute atomic E-state index is 0.117. The van der Waals surface area contributed by atoms with Gasteiger partial charge in [0.25, 0.3) is 0 Å². The van der Waals surface area contributed by atoms with Crippen molar-refractivity contribution in [2.45, 2.75) is 94.1 Å². The van der Waals surface area contributed by atoms with Gasteiger partial charge in [0.1, 0.15) is 23.4 Å². The van der Waals surface area contributed by atoms with Crippen molar-refractivity contribution in [1.82, 2.24) is 0 Å². The molecule has 5 atom stereocenters. The van der Waals surface area contributed by atoms with E-state index in [4.69, 9.17) is 28.1 Å². The van der Waals surface area contributed by atoms with Crippen LogP contribution in [0.1, 0.15) is 49.2 Å². The summed E-state index contributed by atoms with van der Waals surface area (Å²) in [5.41, 5.74) is 1.79. The van der Waals surface area contributed by atoms with Gasteiger partial charge in [-0.1, -0.05) is 80.6 Å². The van der Waals surface area contributed by atoms with Crippen LogP contribution in [0.4, 0.5) is 0 Å². The largest absolute Gasteiger partial charge is 0.497 e. The third kappa shape index (κ3) is 9.45. The molecule has 0 unspecified atom stereocenters. The Morgan fingerprint density at radius 3 is 2.11 bits per heavy atom. The van der Waals surface area contributed by atoms with E-state index in [-0.39, 0.29) is 11.6 Å². The molecule has 4 rings (SSSR count). The molecule has 248 valence electrons. The number of hydrogen-bond acceptors (Lipinski definition) is 9. The molecule has 0 N–H and O–H groups in total. The second kappa shape index (κ2) is 15.6. The quantitative estimate of drug-likeness (QED) is 0.143. The van der Waals surface area contributed by atoms with Gasteiger partial charge < -0.3 is 28.1 Å². The van der Waals surface area contributed by atoms with Gasteiger partial charge in [-0.3, -0.25) is 4.79 Å². The van der Waals surface area contributed by atoms with Crippen LogP contribution >= 0.6 is 11.8 Å².